The Morgan fingerprint density at radius 1 is 0.960 bits per heavy atom. The second-order valence-electron chi connectivity index (χ2n) is 6.83. The van der Waals surface area contributed by atoms with Crippen LogP contribution in [-0.2, 0) is 6.54 Å². The van der Waals surface area contributed by atoms with Gasteiger partial charge < -0.3 is 4.90 Å². The van der Waals surface area contributed by atoms with E-state index < -0.39 is 0 Å². The minimum absolute atomic E-state index is 0.532. The van der Waals surface area contributed by atoms with E-state index in [1.807, 2.05) is 36.7 Å². The molecule has 3 aromatic rings. The summed E-state index contributed by atoms with van der Waals surface area (Å²) in [6.07, 6.45) is 5.04. The minimum atomic E-state index is 0.532. The molecule has 0 N–H and O–H groups in total. The molecular weight excluding hydrogens is 378 g/mol. The highest BCUT2D eigenvalue weighted by Crippen LogP contribution is 2.36. The average Bonchev–Trinajstić information content (AvgIpc) is 2.63. The molecule has 3 aliphatic rings. The van der Waals surface area contributed by atoms with Crippen molar-refractivity contribution in [2.24, 2.45) is 0 Å². The summed E-state index contributed by atoms with van der Waals surface area (Å²) in [6.45, 7) is 3.03. The van der Waals surface area contributed by atoms with Gasteiger partial charge >= 0.3 is 0 Å². The number of halogens is 1. The predicted molar refractivity (Wildman–Crippen MR) is 101 cm³/mol. The molecule has 0 aliphatic carbocycles. The van der Waals surface area contributed by atoms with E-state index in [0.717, 1.165) is 46.7 Å². The number of piperazine rings is 1. The fourth-order valence-electron chi connectivity index (χ4n) is 4.00. The van der Waals surface area contributed by atoms with E-state index in [4.69, 9.17) is 4.98 Å². The van der Waals surface area contributed by atoms with Gasteiger partial charge in [0.2, 0.25) is 0 Å². The van der Waals surface area contributed by atoms with Crippen LogP contribution >= 0.6 is 15.9 Å². The Morgan fingerprint density at radius 2 is 1.76 bits per heavy atom. The van der Waals surface area contributed by atoms with Crippen molar-refractivity contribution in [3.05, 3.63) is 59.0 Å². The van der Waals surface area contributed by atoms with Crippen molar-refractivity contribution in [2.75, 3.05) is 18.0 Å². The summed E-state index contributed by atoms with van der Waals surface area (Å²) in [7, 11) is 0. The highest BCUT2D eigenvalue weighted by molar-refractivity contribution is 9.10. The van der Waals surface area contributed by atoms with Crippen LogP contribution in [0.2, 0.25) is 0 Å². The van der Waals surface area contributed by atoms with E-state index in [0.29, 0.717) is 12.1 Å². The number of piperidine rings is 1. The van der Waals surface area contributed by atoms with E-state index in [-0.39, 0.29) is 0 Å². The highest BCUT2D eigenvalue weighted by Gasteiger charge is 2.45. The van der Waals surface area contributed by atoms with Crippen LogP contribution in [0.5, 0.6) is 0 Å². The number of hydrogen-bond donors (Lipinski definition) is 0. The average molecular weight is 396 g/mol. The number of fused-ring (bicyclic) bond motifs is 3. The summed E-state index contributed by atoms with van der Waals surface area (Å²) in [5.41, 5.74) is 3.06. The molecule has 3 fully saturated rings. The zero-order valence-corrected chi connectivity index (χ0v) is 15.3. The van der Waals surface area contributed by atoms with Gasteiger partial charge in [0.25, 0.3) is 0 Å². The Morgan fingerprint density at radius 3 is 2.52 bits per heavy atom. The van der Waals surface area contributed by atoms with Crippen molar-refractivity contribution in [1.29, 1.82) is 0 Å². The molecule has 0 radical (unpaired) electrons. The predicted octanol–water partition coefficient (Wildman–Crippen LogP) is 3.25. The second-order valence-corrected chi connectivity index (χ2v) is 7.75. The largest absolute Gasteiger partial charge is 0.347 e. The zero-order valence-electron chi connectivity index (χ0n) is 13.7. The number of nitrogens with zero attached hydrogens (tertiary/aromatic N) is 5. The van der Waals surface area contributed by atoms with E-state index in [1.54, 1.807) is 0 Å². The molecule has 2 atom stereocenters. The van der Waals surface area contributed by atoms with Crippen LogP contribution < -0.4 is 4.90 Å². The van der Waals surface area contributed by atoms with Gasteiger partial charge in [-0.15, -0.1) is 0 Å². The Hall–Kier alpha value is -2.05. The summed E-state index contributed by atoms with van der Waals surface area (Å²) in [4.78, 5) is 18.8. The van der Waals surface area contributed by atoms with Gasteiger partial charge in [0, 0.05) is 42.4 Å². The van der Waals surface area contributed by atoms with Gasteiger partial charge in [-0.3, -0.25) is 14.9 Å². The summed E-state index contributed by atoms with van der Waals surface area (Å²) in [5, 5.41) is 0. The van der Waals surface area contributed by atoms with E-state index >= 15 is 0 Å². The molecule has 0 spiro atoms. The topological polar surface area (TPSA) is 45.2 Å². The maximum atomic E-state index is 4.83. The van der Waals surface area contributed by atoms with Gasteiger partial charge in [-0.05, 0) is 46.6 Å². The fraction of sp³-hybridized carbons (Fsp3) is 0.316. The zero-order chi connectivity index (χ0) is 16.8. The summed E-state index contributed by atoms with van der Waals surface area (Å²) in [6, 6.07) is 13.3. The maximum absolute atomic E-state index is 4.83. The van der Waals surface area contributed by atoms with Gasteiger partial charge in [0.15, 0.2) is 0 Å². The number of benzene rings is 1. The molecule has 3 saturated heterocycles. The molecule has 0 saturated carbocycles. The Balaban J connectivity index is 1.31. The van der Waals surface area contributed by atoms with Crippen LogP contribution in [0.1, 0.15) is 12.1 Å². The fourth-order valence-corrected chi connectivity index (χ4v) is 4.24. The molecular formula is C19H18BrN5. The van der Waals surface area contributed by atoms with Gasteiger partial charge in [0.1, 0.15) is 5.82 Å². The lowest BCUT2D eigenvalue weighted by molar-refractivity contribution is 0.106. The number of pyridine rings is 1. The Labute approximate surface area is 154 Å². The molecule has 3 aliphatic heterocycles. The van der Waals surface area contributed by atoms with Crippen LogP contribution in [0.25, 0.3) is 11.0 Å². The Bertz CT molecular complexity index is 901. The third-order valence-electron chi connectivity index (χ3n) is 5.14. The summed E-state index contributed by atoms with van der Waals surface area (Å²) >= 11 is 3.44. The standard InChI is InChI=1S/C19H18BrN5/c20-13-5-6-14(21-8-13)10-24-11-15-7-16(12-24)25(15)19-9-22-17-3-1-2-4-18(17)23-19/h1-6,8-9,15-16H,7,10-12H2. The Kier molecular flexibility index (Phi) is 3.68. The molecule has 2 unspecified atom stereocenters. The van der Waals surface area contributed by atoms with Crippen molar-refractivity contribution in [3.63, 3.8) is 0 Å². The molecule has 1 aromatic carbocycles. The second kappa shape index (κ2) is 6.04. The van der Waals surface area contributed by atoms with E-state index in [1.165, 1.54) is 6.42 Å². The number of anilines is 1. The van der Waals surface area contributed by atoms with Crippen molar-refractivity contribution in [1.82, 2.24) is 19.9 Å². The molecule has 6 rings (SSSR count). The lowest BCUT2D eigenvalue weighted by Gasteiger charge is -2.56. The molecule has 126 valence electrons. The maximum Gasteiger partial charge on any atom is 0.148 e. The molecule has 2 bridgehead atoms. The van der Waals surface area contributed by atoms with Crippen molar-refractivity contribution in [3.8, 4) is 0 Å². The first-order valence-corrected chi connectivity index (χ1v) is 9.38. The lowest BCUT2D eigenvalue weighted by Crippen LogP contribution is -2.69. The normalized spacial score (nSPS) is 22.8. The van der Waals surface area contributed by atoms with Crippen LogP contribution in [0.3, 0.4) is 0 Å². The number of hydrogen-bond acceptors (Lipinski definition) is 5. The highest BCUT2D eigenvalue weighted by atomic mass is 79.9. The molecule has 6 heteroatoms. The molecule has 5 nitrogen and oxygen atoms in total. The van der Waals surface area contributed by atoms with Gasteiger partial charge in [0.05, 0.1) is 22.9 Å². The van der Waals surface area contributed by atoms with Crippen molar-refractivity contribution < 1.29 is 0 Å². The lowest BCUT2D eigenvalue weighted by atomic mass is 9.87. The van der Waals surface area contributed by atoms with Gasteiger partial charge in [-0.25, -0.2) is 4.98 Å². The first kappa shape index (κ1) is 15.2. The van der Waals surface area contributed by atoms with E-state index in [9.17, 15) is 0 Å². The van der Waals surface area contributed by atoms with Crippen LogP contribution in [0.4, 0.5) is 5.82 Å². The van der Waals surface area contributed by atoms with E-state index in [2.05, 4.69) is 47.8 Å². The van der Waals surface area contributed by atoms with Crippen LogP contribution in [-0.4, -0.2) is 45.0 Å². The quantitative estimate of drug-likeness (QED) is 0.680. The number of rotatable bonds is 3. The summed E-state index contributed by atoms with van der Waals surface area (Å²) < 4.78 is 1.03. The van der Waals surface area contributed by atoms with Crippen molar-refractivity contribution in [2.45, 2.75) is 25.0 Å². The van der Waals surface area contributed by atoms with Crippen LogP contribution in [0, 0.1) is 0 Å². The number of para-hydroxylation sites is 2. The van der Waals surface area contributed by atoms with Gasteiger partial charge in [-0.1, -0.05) is 12.1 Å². The summed E-state index contributed by atoms with van der Waals surface area (Å²) in [5.74, 6) is 1.02. The molecule has 5 heterocycles. The molecule has 25 heavy (non-hydrogen) atoms. The first-order valence-electron chi connectivity index (χ1n) is 8.59. The first-order chi connectivity index (χ1) is 12.3. The molecule has 2 aromatic heterocycles. The third-order valence-corrected chi connectivity index (χ3v) is 5.61. The SMILES string of the molecule is Brc1ccc(CN2CC3CC(C2)N3c2cnc3ccccc3n2)nc1. The smallest absolute Gasteiger partial charge is 0.148 e. The number of aromatic nitrogens is 3. The third kappa shape index (κ3) is 2.79. The van der Waals surface area contributed by atoms with Gasteiger partial charge in [-0.2, -0.15) is 0 Å². The molecule has 0 amide bonds. The van der Waals surface area contributed by atoms with Crippen LogP contribution in [0.15, 0.2) is 53.3 Å². The van der Waals surface area contributed by atoms with Crippen molar-refractivity contribution >= 4 is 32.8 Å². The minimum Gasteiger partial charge on any atom is -0.347 e. The monoisotopic (exact) mass is 395 g/mol.